The lowest BCUT2D eigenvalue weighted by molar-refractivity contribution is 0.657. The number of fused-ring (bicyclic) bond motifs is 1. The maximum Gasteiger partial charge on any atom is 0.0348 e. The first-order chi connectivity index (χ1) is 6.72. The molecule has 0 aliphatic heterocycles. The highest BCUT2D eigenvalue weighted by atomic mass is 32.1. The van der Waals surface area contributed by atoms with Gasteiger partial charge in [0, 0.05) is 15.6 Å². The van der Waals surface area contributed by atoms with Crippen molar-refractivity contribution in [1.82, 2.24) is 5.32 Å². The van der Waals surface area contributed by atoms with Gasteiger partial charge >= 0.3 is 0 Å². The Balaban J connectivity index is 2.64. The number of aryl methyl sites for hydroxylation is 1. The number of nitrogens with one attached hydrogen (secondary N) is 1. The standard InChI is InChI=1S/C12H15NS/c1-8-7-11-10(9(2)13-3)5-4-6-12(11)14-8/h4-7,9,13H,1-3H3. The summed E-state index contributed by atoms with van der Waals surface area (Å²) in [6.07, 6.45) is 0. The molecule has 2 rings (SSSR count). The SMILES string of the molecule is CNC(C)c1cccc2sc(C)cc12. The Bertz CT molecular complexity index is 445. The number of hydrogen-bond donors (Lipinski definition) is 1. The molecule has 0 saturated carbocycles. The minimum atomic E-state index is 0.424. The van der Waals surface area contributed by atoms with Crippen LogP contribution in [-0.4, -0.2) is 7.05 Å². The summed E-state index contributed by atoms with van der Waals surface area (Å²) in [4.78, 5) is 1.38. The molecule has 1 N–H and O–H groups in total. The van der Waals surface area contributed by atoms with Crippen molar-refractivity contribution in [2.75, 3.05) is 7.05 Å². The highest BCUT2D eigenvalue weighted by Crippen LogP contribution is 2.30. The van der Waals surface area contributed by atoms with E-state index in [2.05, 4.69) is 43.4 Å². The molecule has 2 heteroatoms. The molecule has 0 aliphatic carbocycles. The van der Waals surface area contributed by atoms with E-state index in [-0.39, 0.29) is 0 Å². The van der Waals surface area contributed by atoms with E-state index >= 15 is 0 Å². The summed E-state index contributed by atoms with van der Waals surface area (Å²) in [5.41, 5.74) is 1.40. The second-order valence-electron chi connectivity index (χ2n) is 3.63. The molecule has 0 fully saturated rings. The van der Waals surface area contributed by atoms with Crippen LogP contribution in [-0.2, 0) is 0 Å². The molecular weight excluding hydrogens is 190 g/mol. The molecule has 0 bridgehead atoms. The van der Waals surface area contributed by atoms with Crippen LogP contribution in [0.25, 0.3) is 10.1 Å². The van der Waals surface area contributed by atoms with Crippen molar-refractivity contribution in [3.8, 4) is 0 Å². The van der Waals surface area contributed by atoms with E-state index in [9.17, 15) is 0 Å². The fourth-order valence-corrected chi connectivity index (χ4v) is 2.70. The van der Waals surface area contributed by atoms with Gasteiger partial charge in [0.05, 0.1) is 0 Å². The first-order valence-corrected chi connectivity index (χ1v) is 5.70. The Kier molecular flexibility index (Phi) is 2.57. The third-order valence-corrected chi connectivity index (χ3v) is 3.63. The minimum Gasteiger partial charge on any atom is -0.313 e. The molecule has 14 heavy (non-hydrogen) atoms. The molecule has 0 spiro atoms. The second-order valence-corrected chi connectivity index (χ2v) is 4.91. The van der Waals surface area contributed by atoms with Crippen molar-refractivity contribution >= 4 is 21.4 Å². The van der Waals surface area contributed by atoms with Crippen molar-refractivity contribution in [3.63, 3.8) is 0 Å². The largest absolute Gasteiger partial charge is 0.313 e. The average molecular weight is 205 g/mol. The molecule has 74 valence electrons. The summed E-state index contributed by atoms with van der Waals surface area (Å²) in [6, 6.07) is 9.24. The number of hydrogen-bond acceptors (Lipinski definition) is 2. The third kappa shape index (κ3) is 1.56. The molecule has 0 radical (unpaired) electrons. The number of benzene rings is 1. The summed E-state index contributed by atoms with van der Waals surface area (Å²) in [5.74, 6) is 0. The van der Waals surface area contributed by atoms with Gasteiger partial charge in [0.25, 0.3) is 0 Å². The Morgan fingerprint density at radius 3 is 2.86 bits per heavy atom. The molecule has 1 heterocycles. The van der Waals surface area contributed by atoms with Crippen LogP contribution in [0.3, 0.4) is 0 Å². The van der Waals surface area contributed by atoms with Gasteiger partial charge in [-0.2, -0.15) is 0 Å². The highest BCUT2D eigenvalue weighted by Gasteiger charge is 2.08. The topological polar surface area (TPSA) is 12.0 Å². The van der Waals surface area contributed by atoms with Gasteiger partial charge < -0.3 is 5.32 Å². The van der Waals surface area contributed by atoms with Crippen LogP contribution in [0.1, 0.15) is 23.4 Å². The Hall–Kier alpha value is -0.860. The molecule has 1 unspecified atom stereocenters. The normalized spacial score (nSPS) is 13.4. The zero-order valence-corrected chi connectivity index (χ0v) is 9.61. The lowest BCUT2D eigenvalue weighted by atomic mass is 10.0. The monoisotopic (exact) mass is 205 g/mol. The zero-order chi connectivity index (χ0) is 10.1. The summed E-state index contributed by atoms with van der Waals surface area (Å²) in [7, 11) is 2.00. The van der Waals surface area contributed by atoms with Gasteiger partial charge in [-0.3, -0.25) is 0 Å². The molecule has 0 amide bonds. The molecule has 0 saturated heterocycles. The Morgan fingerprint density at radius 2 is 2.14 bits per heavy atom. The van der Waals surface area contributed by atoms with Gasteiger partial charge in [-0.1, -0.05) is 12.1 Å². The maximum absolute atomic E-state index is 3.29. The van der Waals surface area contributed by atoms with Gasteiger partial charge in [0.15, 0.2) is 0 Å². The van der Waals surface area contributed by atoms with Gasteiger partial charge in [0.2, 0.25) is 0 Å². The fourth-order valence-electron chi connectivity index (χ4n) is 1.74. The van der Waals surface area contributed by atoms with Crippen LogP contribution in [0.2, 0.25) is 0 Å². The third-order valence-electron chi connectivity index (χ3n) is 2.62. The van der Waals surface area contributed by atoms with E-state index in [0.29, 0.717) is 6.04 Å². The van der Waals surface area contributed by atoms with E-state index in [1.807, 2.05) is 18.4 Å². The molecule has 1 aromatic heterocycles. The number of rotatable bonds is 2. The summed E-state index contributed by atoms with van der Waals surface area (Å²) < 4.78 is 1.39. The zero-order valence-electron chi connectivity index (χ0n) is 8.79. The average Bonchev–Trinajstić information content (AvgIpc) is 2.56. The predicted octanol–water partition coefficient (Wildman–Crippen LogP) is 3.49. The van der Waals surface area contributed by atoms with E-state index in [0.717, 1.165) is 0 Å². The van der Waals surface area contributed by atoms with E-state index in [1.54, 1.807) is 0 Å². The minimum absolute atomic E-state index is 0.424. The van der Waals surface area contributed by atoms with Crippen molar-refractivity contribution in [1.29, 1.82) is 0 Å². The summed E-state index contributed by atoms with van der Waals surface area (Å²) >= 11 is 1.87. The van der Waals surface area contributed by atoms with Gasteiger partial charge in [0.1, 0.15) is 0 Å². The van der Waals surface area contributed by atoms with Gasteiger partial charge in [-0.05, 0) is 44.0 Å². The van der Waals surface area contributed by atoms with E-state index in [1.165, 1.54) is 20.5 Å². The van der Waals surface area contributed by atoms with Crippen LogP contribution < -0.4 is 5.32 Å². The van der Waals surface area contributed by atoms with Crippen LogP contribution in [0.15, 0.2) is 24.3 Å². The van der Waals surface area contributed by atoms with Crippen LogP contribution in [0.5, 0.6) is 0 Å². The Labute approximate surface area is 88.8 Å². The summed E-state index contributed by atoms with van der Waals surface area (Å²) in [5, 5.41) is 4.69. The molecule has 0 aliphatic rings. The van der Waals surface area contributed by atoms with Crippen molar-refractivity contribution < 1.29 is 0 Å². The Morgan fingerprint density at radius 1 is 1.36 bits per heavy atom. The molecule has 2 aromatic rings. The summed E-state index contributed by atoms with van der Waals surface area (Å²) in [6.45, 7) is 4.36. The highest BCUT2D eigenvalue weighted by molar-refractivity contribution is 7.19. The molecule has 1 nitrogen and oxygen atoms in total. The fraction of sp³-hybridized carbons (Fsp3) is 0.333. The van der Waals surface area contributed by atoms with Crippen LogP contribution in [0, 0.1) is 6.92 Å². The number of thiophene rings is 1. The molecule has 1 aromatic carbocycles. The first-order valence-electron chi connectivity index (χ1n) is 4.88. The first kappa shape index (κ1) is 9.69. The predicted molar refractivity (Wildman–Crippen MR) is 64.0 cm³/mol. The van der Waals surface area contributed by atoms with Crippen molar-refractivity contribution in [3.05, 3.63) is 34.7 Å². The van der Waals surface area contributed by atoms with Crippen LogP contribution >= 0.6 is 11.3 Å². The maximum atomic E-state index is 3.29. The van der Waals surface area contributed by atoms with Crippen molar-refractivity contribution in [2.45, 2.75) is 19.9 Å². The lowest BCUT2D eigenvalue weighted by Gasteiger charge is -2.11. The molecular formula is C12H15NS. The van der Waals surface area contributed by atoms with Crippen molar-refractivity contribution in [2.24, 2.45) is 0 Å². The second kappa shape index (κ2) is 3.71. The van der Waals surface area contributed by atoms with E-state index in [4.69, 9.17) is 0 Å². The quantitative estimate of drug-likeness (QED) is 0.791. The van der Waals surface area contributed by atoms with Gasteiger partial charge in [-0.15, -0.1) is 11.3 Å². The van der Waals surface area contributed by atoms with Gasteiger partial charge in [-0.25, -0.2) is 0 Å². The van der Waals surface area contributed by atoms with Crippen LogP contribution in [0.4, 0.5) is 0 Å². The smallest absolute Gasteiger partial charge is 0.0348 e. The molecule has 1 atom stereocenters. The van der Waals surface area contributed by atoms with E-state index < -0.39 is 0 Å². The lowest BCUT2D eigenvalue weighted by Crippen LogP contribution is -2.12.